The lowest BCUT2D eigenvalue weighted by Crippen LogP contribution is -2.43. The number of guanidine groups is 1. The summed E-state index contributed by atoms with van der Waals surface area (Å²) in [5.74, 6) is 0.585. The van der Waals surface area contributed by atoms with Crippen molar-refractivity contribution in [2.75, 3.05) is 38.1 Å². The summed E-state index contributed by atoms with van der Waals surface area (Å²) in [6, 6.07) is 11.2. The molecule has 2 aliphatic heterocycles. The first kappa shape index (κ1) is 26.2. The number of rotatable bonds is 7. The summed E-state index contributed by atoms with van der Waals surface area (Å²) in [4.78, 5) is 35.0. The molecule has 0 spiro atoms. The Balaban J connectivity index is 1.36. The van der Waals surface area contributed by atoms with Crippen LogP contribution >= 0.6 is 0 Å². The second kappa shape index (κ2) is 12.9. The normalized spacial score (nSPS) is 18.1. The van der Waals surface area contributed by atoms with E-state index >= 15 is 0 Å². The zero-order valence-corrected chi connectivity index (χ0v) is 21.2. The quantitative estimate of drug-likeness (QED) is 0.335. The van der Waals surface area contributed by atoms with Gasteiger partial charge in [-0.25, -0.2) is 9.78 Å². The van der Waals surface area contributed by atoms with Gasteiger partial charge < -0.3 is 31.3 Å². The minimum atomic E-state index is -0.305. The van der Waals surface area contributed by atoms with E-state index in [0.717, 1.165) is 24.1 Å². The third kappa shape index (κ3) is 7.29. The number of hydrogen-bond acceptors (Lipinski definition) is 6. The van der Waals surface area contributed by atoms with Gasteiger partial charge in [0.15, 0.2) is 11.8 Å². The standard InChI is InChI=1S/C27H35N7O3/c1-2-37-27(36)34-16-12-19(13-17-34)23-7-5-15-30-24(23)33-26(28)32-21-10-8-20(9-11-21)25(35)31-18-22-6-3-4-14-29-22/h5,7-12,15,22,29H,2-4,6,13-14,16-18H2,1H3,(H,31,35)(H3,28,30,32,33). The fraction of sp³-hybridized carbons (Fsp3) is 0.407. The van der Waals surface area contributed by atoms with Crippen LogP contribution in [0.15, 0.2) is 53.7 Å². The van der Waals surface area contributed by atoms with Crippen LogP contribution in [0.3, 0.4) is 0 Å². The van der Waals surface area contributed by atoms with E-state index in [0.29, 0.717) is 55.8 Å². The zero-order valence-electron chi connectivity index (χ0n) is 21.2. The minimum Gasteiger partial charge on any atom is -0.450 e. The first-order valence-corrected chi connectivity index (χ1v) is 12.8. The van der Waals surface area contributed by atoms with E-state index in [2.05, 4.69) is 25.9 Å². The van der Waals surface area contributed by atoms with Crippen LogP contribution in [0, 0.1) is 0 Å². The SMILES string of the molecule is CCOC(=O)N1CC=C(c2cccnc2N=C(N)Nc2ccc(C(=O)NCC3CCCCN3)cc2)CC1. The molecule has 3 heterocycles. The molecule has 2 aromatic rings. The largest absolute Gasteiger partial charge is 0.450 e. The molecule has 1 aromatic carbocycles. The predicted octanol–water partition coefficient (Wildman–Crippen LogP) is 3.26. The number of nitrogens with zero attached hydrogens (tertiary/aromatic N) is 3. The van der Waals surface area contributed by atoms with Crippen molar-refractivity contribution in [2.45, 2.75) is 38.6 Å². The third-order valence-corrected chi connectivity index (χ3v) is 6.44. The number of anilines is 1. The molecule has 0 bridgehead atoms. The van der Waals surface area contributed by atoms with Crippen molar-refractivity contribution >= 4 is 35.0 Å². The summed E-state index contributed by atoms with van der Waals surface area (Å²) < 4.78 is 5.09. The maximum atomic E-state index is 12.5. The first-order chi connectivity index (χ1) is 18.0. The van der Waals surface area contributed by atoms with E-state index in [1.54, 1.807) is 42.3 Å². The third-order valence-electron chi connectivity index (χ3n) is 6.44. The molecule has 2 amide bonds. The van der Waals surface area contributed by atoms with Crippen molar-refractivity contribution in [3.8, 4) is 0 Å². The van der Waals surface area contributed by atoms with Crippen molar-refractivity contribution in [3.63, 3.8) is 0 Å². The summed E-state index contributed by atoms with van der Waals surface area (Å²) in [6.07, 6.45) is 7.50. The Morgan fingerprint density at radius 2 is 2.08 bits per heavy atom. The lowest BCUT2D eigenvalue weighted by Gasteiger charge is -2.26. The molecule has 2 aliphatic rings. The molecule has 5 N–H and O–H groups in total. The molecule has 1 atom stereocenters. The molecule has 196 valence electrons. The molecule has 0 aliphatic carbocycles. The van der Waals surface area contributed by atoms with E-state index in [1.807, 2.05) is 18.2 Å². The summed E-state index contributed by atoms with van der Waals surface area (Å²) >= 11 is 0. The van der Waals surface area contributed by atoms with Crippen LogP contribution in [-0.2, 0) is 4.74 Å². The molecular formula is C27H35N7O3. The van der Waals surface area contributed by atoms with Crippen molar-refractivity contribution in [1.29, 1.82) is 0 Å². The molecule has 0 radical (unpaired) electrons. The van der Waals surface area contributed by atoms with Crippen LogP contribution in [0.2, 0.25) is 0 Å². The van der Waals surface area contributed by atoms with Crippen molar-refractivity contribution in [2.24, 2.45) is 10.7 Å². The van der Waals surface area contributed by atoms with Gasteiger partial charge in [0.2, 0.25) is 0 Å². The second-order valence-electron chi connectivity index (χ2n) is 9.06. The minimum absolute atomic E-state index is 0.0963. The van der Waals surface area contributed by atoms with Crippen LogP contribution < -0.4 is 21.7 Å². The fourth-order valence-corrected chi connectivity index (χ4v) is 4.44. The summed E-state index contributed by atoms with van der Waals surface area (Å²) in [6.45, 7) is 4.82. The highest BCUT2D eigenvalue weighted by Crippen LogP contribution is 2.29. The maximum absolute atomic E-state index is 12.5. The molecule has 4 rings (SSSR count). The van der Waals surface area contributed by atoms with Crippen LogP contribution in [0.4, 0.5) is 16.3 Å². The molecule has 37 heavy (non-hydrogen) atoms. The van der Waals surface area contributed by atoms with Gasteiger partial charge in [0.1, 0.15) is 0 Å². The Kier molecular flexibility index (Phi) is 9.09. The lowest BCUT2D eigenvalue weighted by molar-refractivity contribution is 0.0947. The Morgan fingerprint density at radius 3 is 2.78 bits per heavy atom. The van der Waals surface area contributed by atoms with Gasteiger partial charge in [-0.15, -0.1) is 0 Å². The number of ether oxygens (including phenoxy) is 1. The Labute approximate surface area is 217 Å². The summed E-state index contributed by atoms with van der Waals surface area (Å²) in [7, 11) is 0. The van der Waals surface area contributed by atoms with Crippen LogP contribution in [0.1, 0.15) is 48.5 Å². The molecule has 10 nitrogen and oxygen atoms in total. The highest BCUT2D eigenvalue weighted by Gasteiger charge is 2.20. The molecule has 0 saturated carbocycles. The number of nitrogens with two attached hydrogens (primary N) is 1. The van der Waals surface area contributed by atoms with Crippen molar-refractivity contribution in [1.82, 2.24) is 20.5 Å². The first-order valence-electron chi connectivity index (χ1n) is 12.8. The lowest BCUT2D eigenvalue weighted by atomic mass is 10.0. The van der Waals surface area contributed by atoms with E-state index in [4.69, 9.17) is 10.5 Å². The topological polar surface area (TPSA) is 134 Å². The van der Waals surface area contributed by atoms with Gasteiger partial charge in [-0.05, 0) is 74.7 Å². The highest BCUT2D eigenvalue weighted by molar-refractivity contribution is 5.97. The maximum Gasteiger partial charge on any atom is 0.410 e. The Hall–Kier alpha value is -3.92. The van der Waals surface area contributed by atoms with Gasteiger partial charge in [0, 0.05) is 48.7 Å². The number of piperidine rings is 1. The molecule has 1 fully saturated rings. The fourth-order valence-electron chi connectivity index (χ4n) is 4.44. The number of carbonyl (C=O) groups excluding carboxylic acids is 2. The number of nitrogens with one attached hydrogen (secondary N) is 3. The molecule has 1 unspecified atom stereocenters. The number of hydrogen-bond donors (Lipinski definition) is 4. The molecule has 1 aromatic heterocycles. The molecule has 1 saturated heterocycles. The predicted molar refractivity (Wildman–Crippen MR) is 145 cm³/mol. The molecule has 10 heteroatoms. The highest BCUT2D eigenvalue weighted by atomic mass is 16.6. The average Bonchev–Trinajstić information content (AvgIpc) is 2.93. The van der Waals surface area contributed by atoms with Crippen molar-refractivity contribution in [3.05, 3.63) is 59.8 Å². The Bertz CT molecular complexity index is 1140. The number of carbonyl (C=O) groups is 2. The second-order valence-corrected chi connectivity index (χ2v) is 9.06. The monoisotopic (exact) mass is 505 g/mol. The van der Waals surface area contributed by atoms with E-state index < -0.39 is 0 Å². The van der Waals surface area contributed by atoms with Gasteiger partial charge in [-0.3, -0.25) is 4.79 Å². The average molecular weight is 506 g/mol. The summed E-state index contributed by atoms with van der Waals surface area (Å²) in [5, 5.41) is 9.50. The van der Waals surface area contributed by atoms with E-state index in [9.17, 15) is 9.59 Å². The van der Waals surface area contributed by atoms with Crippen LogP contribution in [-0.4, -0.2) is 66.7 Å². The van der Waals surface area contributed by atoms with Gasteiger partial charge >= 0.3 is 6.09 Å². The summed E-state index contributed by atoms with van der Waals surface area (Å²) in [5.41, 5.74) is 9.41. The number of pyridine rings is 1. The number of benzene rings is 1. The number of aliphatic imine (C=N–C) groups is 1. The van der Waals surface area contributed by atoms with E-state index in [1.165, 1.54) is 12.8 Å². The van der Waals surface area contributed by atoms with Crippen LogP contribution in [0.25, 0.3) is 5.57 Å². The van der Waals surface area contributed by atoms with Gasteiger partial charge in [-0.1, -0.05) is 12.5 Å². The van der Waals surface area contributed by atoms with E-state index in [-0.39, 0.29) is 18.0 Å². The molecular weight excluding hydrogens is 470 g/mol. The Morgan fingerprint density at radius 1 is 1.24 bits per heavy atom. The number of amides is 2. The smallest absolute Gasteiger partial charge is 0.410 e. The van der Waals surface area contributed by atoms with Gasteiger partial charge in [0.25, 0.3) is 5.91 Å². The van der Waals surface area contributed by atoms with Gasteiger partial charge in [0.05, 0.1) is 6.61 Å². The zero-order chi connectivity index (χ0) is 26.0. The van der Waals surface area contributed by atoms with Gasteiger partial charge in [-0.2, -0.15) is 4.99 Å². The number of aromatic nitrogens is 1. The van der Waals surface area contributed by atoms with Crippen LogP contribution in [0.5, 0.6) is 0 Å². The van der Waals surface area contributed by atoms with Crippen molar-refractivity contribution < 1.29 is 14.3 Å².